The molecule has 0 saturated heterocycles. The first-order valence-electron chi connectivity index (χ1n) is 4.79. The van der Waals surface area contributed by atoms with E-state index in [2.05, 4.69) is 4.99 Å². The maximum absolute atomic E-state index is 6.01. The van der Waals surface area contributed by atoms with Crippen LogP contribution in [-0.2, 0) is 0 Å². The van der Waals surface area contributed by atoms with Gasteiger partial charge in [0.15, 0.2) is 0 Å². The molecule has 1 aromatic rings. The molecule has 4 heteroatoms. The normalized spacial score (nSPS) is 12.1. The third-order valence-electron chi connectivity index (χ3n) is 1.64. The van der Waals surface area contributed by atoms with Crippen molar-refractivity contribution in [2.45, 2.75) is 24.8 Å². The van der Waals surface area contributed by atoms with Crippen molar-refractivity contribution < 1.29 is 0 Å². The Balaban J connectivity index is 2.54. The Hall–Kier alpha value is -0.670. The van der Waals surface area contributed by atoms with Crippen LogP contribution in [0.15, 0.2) is 34.2 Å². The first-order chi connectivity index (χ1) is 7.09. The molecule has 0 bridgehead atoms. The van der Waals surface area contributed by atoms with E-state index in [1.54, 1.807) is 11.8 Å². The molecule has 1 rings (SSSR count). The number of aliphatic imine (C=N–C) groups is 1. The fraction of sp³-hybridized carbons (Fsp3) is 0.364. The number of halogens is 1. The maximum atomic E-state index is 6.01. The van der Waals surface area contributed by atoms with Crippen molar-refractivity contribution in [1.29, 1.82) is 0 Å². The first-order valence-corrected chi connectivity index (χ1v) is 6.15. The molecular weight excluding hydrogens is 228 g/mol. The minimum absolute atomic E-state index is 0.247. The van der Waals surface area contributed by atoms with E-state index in [0.717, 1.165) is 9.92 Å². The molecule has 0 unspecified atom stereocenters. The Morgan fingerprint density at radius 2 is 2.13 bits per heavy atom. The molecule has 2 N–H and O–H groups in total. The smallest absolute Gasteiger partial charge is 0.104 e. The summed E-state index contributed by atoms with van der Waals surface area (Å²) in [6.45, 7) is 4.01. The standard InChI is InChI=1S/C11H15ClN2S/c1-8(2)14-11(13)7-15-10-6-4-3-5-9(10)12/h3-6,8H,7H2,1-2H3,(H2,13,14). The van der Waals surface area contributed by atoms with E-state index in [1.807, 2.05) is 38.1 Å². The average Bonchev–Trinajstić information content (AvgIpc) is 2.15. The Morgan fingerprint density at radius 1 is 1.47 bits per heavy atom. The highest BCUT2D eigenvalue weighted by atomic mass is 35.5. The van der Waals surface area contributed by atoms with Gasteiger partial charge >= 0.3 is 0 Å². The molecule has 82 valence electrons. The zero-order valence-corrected chi connectivity index (χ0v) is 10.5. The predicted molar refractivity (Wildman–Crippen MR) is 68.9 cm³/mol. The lowest BCUT2D eigenvalue weighted by Crippen LogP contribution is -2.16. The molecule has 0 heterocycles. The van der Waals surface area contributed by atoms with Crippen LogP contribution in [0.1, 0.15) is 13.8 Å². The van der Waals surface area contributed by atoms with Gasteiger partial charge in [0.2, 0.25) is 0 Å². The summed E-state index contributed by atoms with van der Waals surface area (Å²) >= 11 is 7.62. The van der Waals surface area contributed by atoms with Crippen LogP contribution in [0, 0.1) is 0 Å². The van der Waals surface area contributed by atoms with Gasteiger partial charge < -0.3 is 5.73 Å². The number of rotatable bonds is 4. The molecule has 1 aromatic carbocycles. The minimum Gasteiger partial charge on any atom is -0.387 e. The molecule has 0 aliphatic rings. The molecule has 0 aromatic heterocycles. The highest BCUT2D eigenvalue weighted by molar-refractivity contribution is 8.00. The maximum Gasteiger partial charge on any atom is 0.104 e. The van der Waals surface area contributed by atoms with Gasteiger partial charge in [-0.1, -0.05) is 23.7 Å². The van der Waals surface area contributed by atoms with Crippen molar-refractivity contribution in [3.05, 3.63) is 29.3 Å². The number of nitrogens with zero attached hydrogens (tertiary/aromatic N) is 1. The van der Waals surface area contributed by atoms with Crippen LogP contribution in [0.25, 0.3) is 0 Å². The van der Waals surface area contributed by atoms with Crippen molar-refractivity contribution >= 4 is 29.2 Å². The first kappa shape index (κ1) is 12.4. The fourth-order valence-electron chi connectivity index (χ4n) is 1.08. The number of hydrogen-bond acceptors (Lipinski definition) is 2. The van der Waals surface area contributed by atoms with Crippen molar-refractivity contribution in [3.63, 3.8) is 0 Å². The highest BCUT2D eigenvalue weighted by Crippen LogP contribution is 2.26. The Kier molecular flexibility index (Phi) is 4.99. The molecule has 0 fully saturated rings. The lowest BCUT2D eigenvalue weighted by molar-refractivity contribution is 0.833. The molecule has 0 aliphatic heterocycles. The SMILES string of the molecule is CC(C)N=C(N)CSc1ccccc1Cl. The van der Waals surface area contributed by atoms with Gasteiger partial charge in [0.05, 0.1) is 10.8 Å². The number of hydrogen-bond donors (Lipinski definition) is 1. The Labute approximate surface area is 99.9 Å². The summed E-state index contributed by atoms with van der Waals surface area (Å²) in [4.78, 5) is 5.30. The van der Waals surface area contributed by atoms with E-state index in [0.29, 0.717) is 11.6 Å². The summed E-state index contributed by atoms with van der Waals surface area (Å²) < 4.78 is 0. The lowest BCUT2D eigenvalue weighted by atomic mass is 10.4. The van der Waals surface area contributed by atoms with Crippen LogP contribution in [0.2, 0.25) is 5.02 Å². The second-order valence-corrected chi connectivity index (χ2v) is 4.86. The van der Waals surface area contributed by atoms with Crippen LogP contribution in [0.3, 0.4) is 0 Å². The third kappa shape index (κ3) is 4.58. The van der Waals surface area contributed by atoms with Gasteiger partial charge in [0.25, 0.3) is 0 Å². The summed E-state index contributed by atoms with van der Waals surface area (Å²) in [5, 5.41) is 0.764. The molecular formula is C11H15ClN2S. The van der Waals surface area contributed by atoms with Crippen molar-refractivity contribution in [3.8, 4) is 0 Å². The summed E-state index contributed by atoms with van der Waals surface area (Å²) in [6, 6.07) is 7.98. The molecule has 0 atom stereocenters. The van der Waals surface area contributed by atoms with Crippen LogP contribution in [0.5, 0.6) is 0 Å². The third-order valence-corrected chi connectivity index (χ3v) is 3.18. The average molecular weight is 243 g/mol. The van der Waals surface area contributed by atoms with Gasteiger partial charge in [-0.15, -0.1) is 11.8 Å². The largest absolute Gasteiger partial charge is 0.387 e. The lowest BCUT2D eigenvalue weighted by Gasteiger charge is -2.04. The van der Waals surface area contributed by atoms with E-state index < -0.39 is 0 Å². The monoisotopic (exact) mass is 242 g/mol. The van der Waals surface area contributed by atoms with E-state index in [9.17, 15) is 0 Å². The van der Waals surface area contributed by atoms with Crippen LogP contribution < -0.4 is 5.73 Å². The van der Waals surface area contributed by atoms with Crippen LogP contribution in [0.4, 0.5) is 0 Å². The van der Waals surface area contributed by atoms with E-state index in [4.69, 9.17) is 17.3 Å². The number of nitrogens with two attached hydrogens (primary N) is 1. The van der Waals surface area contributed by atoms with Crippen molar-refractivity contribution in [1.82, 2.24) is 0 Å². The zero-order valence-electron chi connectivity index (χ0n) is 8.90. The fourth-order valence-corrected chi connectivity index (χ4v) is 2.14. The van der Waals surface area contributed by atoms with Gasteiger partial charge in [0.1, 0.15) is 5.84 Å². The van der Waals surface area contributed by atoms with E-state index in [1.165, 1.54) is 0 Å². The summed E-state index contributed by atoms with van der Waals surface area (Å²) in [7, 11) is 0. The number of thioether (sulfide) groups is 1. The summed E-state index contributed by atoms with van der Waals surface area (Å²) in [6.07, 6.45) is 0. The van der Waals surface area contributed by atoms with Gasteiger partial charge in [-0.05, 0) is 26.0 Å². The molecule has 0 spiro atoms. The van der Waals surface area contributed by atoms with Crippen molar-refractivity contribution in [2.24, 2.45) is 10.7 Å². The highest BCUT2D eigenvalue weighted by Gasteiger charge is 2.01. The number of amidine groups is 1. The molecule has 15 heavy (non-hydrogen) atoms. The Morgan fingerprint density at radius 3 is 2.73 bits per heavy atom. The molecule has 0 aliphatic carbocycles. The molecule has 2 nitrogen and oxygen atoms in total. The minimum atomic E-state index is 0.247. The van der Waals surface area contributed by atoms with Crippen molar-refractivity contribution in [2.75, 3.05) is 5.75 Å². The second kappa shape index (κ2) is 6.03. The van der Waals surface area contributed by atoms with E-state index >= 15 is 0 Å². The van der Waals surface area contributed by atoms with Crippen LogP contribution in [-0.4, -0.2) is 17.6 Å². The quantitative estimate of drug-likeness (QED) is 0.500. The molecule has 0 amide bonds. The summed E-state index contributed by atoms with van der Waals surface area (Å²) in [5.74, 6) is 1.34. The van der Waals surface area contributed by atoms with Gasteiger partial charge in [-0.2, -0.15) is 0 Å². The zero-order chi connectivity index (χ0) is 11.3. The Bertz CT molecular complexity index is 350. The predicted octanol–water partition coefficient (Wildman–Crippen LogP) is 3.20. The van der Waals surface area contributed by atoms with Gasteiger partial charge in [0, 0.05) is 10.9 Å². The van der Waals surface area contributed by atoms with E-state index in [-0.39, 0.29) is 6.04 Å². The molecule has 0 radical (unpaired) electrons. The second-order valence-electron chi connectivity index (χ2n) is 3.43. The van der Waals surface area contributed by atoms with Gasteiger partial charge in [-0.3, -0.25) is 4.99 Å². The topological polar surface area (TPSA) is 38.4 Å². The number of benzene rings is 1. The van der Waals surface area contributed by atoms with Gasteiger partial charge in [-0.25, -0.2) is 0 Å². The summed E-state index contributed by atoms with van der Waals surface area (Å²) in [5.41, 5.74) is 5.76. The van der Waals surface area contributed by atoms with Crippen LogP contribution >= 0.6 is 23.4 Å². The molecule has 0 saturated carbocycles.